The van der Waals surface area contributed by atoms with Crippen molar-refractivity contribution in [3.63, 3.8) is 0 Å². The van der Waals surface area contributed by atoms with Crippen LogP contribution in [-0.4, -0.2) is 35.9 Å². The molecule has 0 atom stereocenters. The van der Waals surface area contributed by atoms with E-state index in [0.717, 1.165) is 52.8 Å². The average molecular weight is 449 g/mol. The summed E-state index contributed by atoms with van der Waals surface area (Å²) in [4.78, 5) is 23.1. The van der Waals surface area contributed by atoms with Crippen molar-refractivity contribution in [1.29, 1.82) is 0 Å². The molecular weight excluding hydrogens is 424 g/mol. The van der Waals surface area contributed by atoms with Gasteiger partial charge in [0.1, 0.15) is 10.8 Å². The number of ether oxygens (including phenoxy) is 1. The zero-order valence-electron chi connectivity index (χ0n) is 17.7. The van der Waals surface area contributed by atoms with E-state index >= 15 is 0 Å². The predicted octanol–water partition coefficient (Wildman–Crippen LogP) is 5.84. The molecule has 0 spiro atoms. The lowest BCUT2D eigenvalue weighted by atomic mass is 9.99. The minimum atomic E-state index is 0.135. The molecule has 6 heteroatoms. The Hall–Kier alpha value is -2.54. The summed E-state index contributed by atoms with van der Waals surface area (Å²) in [5.41, 5.74) is 4.35. The highest BCUT2D eigenvalue weighted by Gasteiger charge is 2.27. The van der Waals surface area contributed by atoms with Crippen molar-refractivity contribution in [2.75, 3.05) is 20.2 Å². The van der Waals surface area contributed by atoms with Crippen LogP contribution in [0.4, 0.5) is 0 Å². The molecule has 1 aliphatic rings. The maximum Gasteiger partial charge on any atom is 0.168 e. The normalized spacial score (nSPS) is 14.0. The number of rotatable bonds is 6. The van der Waals surface area contributed by atoms with Gasteiger partial charge in [0.15, 0.2) is 5.78 Å². The molecule has 0 amide bonds. The number of Topliss-reactive ketones (excluding diaryl/α,β-unsaturated/α-hetero) is 1. The maximum absolute atomic E-state index is 13.1. The summed E-state index contributed by atoms with van der Waals surface area (Å²) < 4.78 is 6.42. The van der Waals surface area contributed by atoms with Crippen LogP contribution in [0.5, 0.6) is 5.75 Å². The number of thiazole rings is 1. The van der Waals surface area contributed by atoms with Crippen LogP contribution in [-0.2, 0) is 19.4 Å². The van der Waals surface area contributed by atoms with E-state index in [1.54, 1.807) is 29.8 Å². The summed E-state index contributed by atoms with van der Waals surface area (Å²) in [6.07, 6.45) is 1.42. The van der Waals surface area contributed by atoms with Gasteiger partial charge in [-0.3, -0.25) is 9.69 Å². The molecule has 2 aromatic carbocycles. The van der Waals surface area contributed by atoms with Gasteiger partial charge in [0, 0.05) is 40.4 Å². The molecule has 5 rings (SSSR count). The molecule has 0 fully saturated rings. The van der Waals surface area contributed by atoms with Crippen LogP contribution in [0.25, 0.3) is 20.8 Å². The van der Waals surface area contributed by atoms with Crippen LogP contribution in [0.3, 0.4) is 0 Å². The Labute approximate surface area is 190 Å². The van der Waals surface area contributed by atoms with Gasteiger partial charge in [-0.25, -0.2) is 4.98 Å². The average Bonchev–Trinajstić information content (AvgIpc) is 3.38. The first-order valence-corrected chi connectivity index (χ1v) is 12.2. The fourth-order valence-corrected chi connectivity index (χ4v) is 6.69. The van der Waals surface area contributed by atoms with Crippen LogP contribution < -0.4 is 4.74 Å². The highest BCUT2D eigenvalue weighted by atomic mass is 32.1. The van der Waals surface area contributed by atoms with Crippen molar-refractivity contribution in [3.05, 3.63) is 69.4 Å². The molecule has 0 N–H and O–H groups in total. The zero-order valence-corrected chi connectivity index (χ0v) is 19.3. The monoisotopic (exact) mass is 448 g/mol. The Kier molecular flexibility index (Phi) is 5.61. The zero-order chi connectivity index (χ0) is 21.4. The number of hydrogen-bond acceptors (Lipinski definition) is 6. The number of nitrogens with zero attached hydrogens (tertiary/aromatic N) is 2. The number of thiophene rings is 1. The summed E-state index contributed by atoms with van der Waals surface area (Å²) in [6, 6.07) is 15.7. The van der Waals surface area contributed by atoms with Crippen LogP contribution in [0.2, 0.25) is 0 Å². The van der Waals surface area contributed by atoms with Gasteiger partial charge >= 0.3 is 0 Å². The fraction of sp³-hybridized carbons (Fsp3) is 0.280. The number of ketones is 1. The Balaban J connectivity index is 1.55. The molecule has 158 valence electrons. The van der Waals surface area contributed by atoms with Crippen molar-refractivity contribution in [2.24, 2.45) is 0 Å². The van der Waals surface area contributed by atoms with Gasteiger partial charge in [-0.05, 0) is 54.9 Å². The van der Waals surface area contributed by atoms with Crippen molar-refractivity contribution in [2.45, 2.75) is 26.3 Å². The molecular formula is C25H24N2O2S2. The van der Waals surface area contributed by atoms with Crippen LogP contribution in [0.1, 0.15) is 32.6 Å². The van der Waals surface area contributed by atoms with Crippen molar-refractivity contribution in [3.8, 4) is 16.3 Å². The predicted molar refractivity (Wildman–Crippen MR) is 129 cm³/mol. The van der Waals surface area contributed by atoms with Gasteiger partial charge < -0.3 is 4.74 Å². The quantitative estimate of drug-likeness (QED) is 0.348. The van der Waals surface area contributed by atoms with Gasteiger partial charge in [0.2, 0.25) is 0 Å². The van der Waals surface area contributed by atoms with Gasteiger partial charge in [-0.2, -0.15) is 0 Å². The minimum absolute atomic E-state index is 0.135. The second-order valence-corrected chi connectivity index (χ2v) is 9.96. The van der Waals surface area contributed by atoms with Gasteiger partial charge in [-0.15, -0.1) is 22.7 Å². The number of hydrogen-bond donors (Lipinski definition) is 0. The lowest BCUT2D eigenvalue weighted by molar-refractivity contribution is 0.0994. The summed E-state index contributed by atoms with van der Waals surface area (Å²) in [5, 5.41) is 1.04. The van der Waals surface area contributed by atoms with Crippen molar-refractivity contribution in [1.82, 2.24) is 9.88 Å². The largest absolute Gasteiger partial charge is 0.497 e. The third kappa shape index (κ3) is 3.91. The number of aromatic nitrogens is 1. The fourth-order valence-electron chi connectivity index (χ4n) is 4.16. The highest BCUT2D eigenvalue weighted by Crippen LogP contribution is 2.43. The first-order chi connectivity index (χ1) is 15.2. The molecule has 3 heterocycles. The third-order valence-corrected chi connectivity index (χ3v) is 8.17. The summed E-state index contributed by atoms with van der Waals surface area (Å²) in [5.74, 6) is 0.897. The second kappa shape index (κ2) is 8.54. The molecule has 0 unspecified atom stereocenters. The number of fused-ring (bicyclic) bond motifs is 2. The van der Waals surface area contributed by atoms with E-state index in [9.17, 15) is 4.79 Å². The van der Waals surface area contributed by atoms with Crippen molar-refractivity contribution >= 4 is 38.7 Å². The standard InChI is InChI=1S/C25H24N2O2S2/c1-3-27-13-12-18-23(15-27)30-22(14-20(28)16-8-10-17(29-2)11-9-16)24(18)25-26-19-6-4-5-7-21(19)31-25/h4-11H,3,12-15H2,1-2H3. The summed E-state index contributed by atoms with van der Waals surface area (Å²) in [7, 11) is 1.64. The molecule has 0 saturated carbocycles. The number of para-hydroxylation sites is 1. The van der Waals surface area contributed by atoms with E-state index in [1.807, 2.05) is 30.3 Å². The maximum atomic E-state index is 13.1. The van der Waals surface area contributed by atoms with E-state index in [1.165, 1.54) is 20.7 Å². The van der Waals surface area contributed by atoms with E-state index in [0.29, 0.717) is 6.42 Å². The minimum Gasteiger partial charge on any atom is -0.497 e. The van der Waals surface area contributed by atoms with Gasteiger partial charge in [0.05, 0.1) is 17.3 Å². The number of carbonyl (C=O) groups excluding carboxylic acids is 1. The first-order valence-electron chi connectivity index (χ1n) is 10.5. The van der Waals surface area contributed by atoms with E-state index in [-0.39, 0.29) is 5.78 Å². The molecule has 4 aromatic rings. The molecule has 4 nitrogen and oxygen atoms in total. The summed E-state index contributed by atoms with van der Waals surface area (Å²) in [6.45, 7) is 5.28. The smallest absolute Gasteiger partial charge is 0.168 e. The van der Waals surface area contributed by atoms with E-state index in [4.69, 9.17) is 9.72 Å². The number of benzene rings is 2. The third-order valence-electron chi connectivity index (χ3n) is 5.90. The Morgan fingerprint density at radius 1 is 1.13 bits per heavy atom. The number of carbonyl (C=O) groups is 1. The molecule has 0 saturated heterocycles. The van der Waals surface area contributed by atoms with Crippen molar-refractivity contribution < 1.29 is 9.53 Å². The number of methoxy groups -OCH3 is 1. The van der Waals surface area contributed by atoms with E-state index in [2.05, 4.69) is 30.0 Å². The molecule has 31 heavy (non-hydrogen) atoms. The first kappa shape index (κ1) is 20.4. The SMILES string of the molecule is CCN1CCc2c(sc(CC(=O)c3ccc(OC)cc3)c2-c2nc3ccccc3s2)C1. The lowest BCUT2D eigenvalue weighted by Crippen LogP contribution is -2.29. The number of likely N-dealkylation sites (N-methyl/N-ethyl adjacent to an activating group) is 1. The van der Waals surface area contributed by atoms with Crippen LogP contribution in [0.15, 0.2) is 48.5 Å². The Bertz CT molecular complexity index is 1210. The van der Waals surface area contributed by atoms with E-state index < -0.39 is 0 Å². The highest BCUT2D eigenvalue weighted by molar-refractivity contribution is 7.22. The summed E-state index contributed by atoms with van der Waals surface area (Å²) >= 11 is 3.53. The van der Waals surface area contributed by atoms with Crippen LogP contribution >= 0.6 is 22.7 Å². The second-order valence-electron chi connectivity index (χ2n) is 7.74. The van der Waals surface area contributed by atoms with Crippen LogP contribution in [0, 0.1) is 0 Å². The molecule has 1 aliphatic heterocycles. The van der Waals surface area contributed by atoms with Gasteiger partial charge in [0.25, 0.3) is 0 Å². The molecule has 0 aliphatic carbocycles. The van der Waals surface area contributed by atoms with Gasteiger partial charge in [-0.1, -0.05) is 19.1 Å². The Morgan fingerprint density at radius 3 is 2.68 bits per heavy atom. The topological polar surface area (TPSA) is 42.4 Å². The Morgan fingerprint density at radius 2 is 1.94 bits per heavy atom. The lowest BCUT2D eigenvalue weighted by Gasteiger charge is -2.25. The molecule has 0 bridgehead atoms. The molecule has 0 radical (unpaired) electrons. The molecule has 2 aromatic heterocycles.